The minimum absolute atomic E-state index is 0.615. The van der Waals surface area contributed by atoms with Gasteiger partial charge >= 0.3 is 0 Å². The lowest BCUT2D eigenvalue weighted by atomic mass is 10.1. The molecular weight excluding hydrogens is 324 g/mol. The minimum Gasteiger partial charge on any atom is -0.287 e. The topological polar surface area (TPSA) is 17.8 Å². The van der Waals surface area contributed by atoms with Crippen LogP contribution in [0.4, 0.5) is 0 Å². The summed E-state index contributed by atoms with van der Waals surface area (Å²) in [4.78, 5) is 4.65. The molecule has 23 heavy (non-hydrogen) atoms. The van der Waals surface area contributed by atoms with E-state index in [1.165, 1.54) is 0 Å². The quantitative estimate of drug-likeness (QED) is 0.534. The standard InChI is InChI=1S/C19H19ClN2S/c1-14(2)13-23-19-21-12-18(15-7-4-3-5-8-15)22(19)17-10-6-9-16(20)11-17/h3-12,14H,13H2,1-2H3. The van der Waals surface area contributed by atoms with Crippen LogP contribution in [-0.2, 0) is 0 Å². The molecule has 1 heterocycles. The van der Waals surface area contributed by atoms with E-state index in [2.05, 4.69) is 41.6 Å². The van der Waals surface area contributed by atoms with Crippen LogP contribution >= 0.6 is 23.4 Å². The lowest BCUT2D eigenvalue weighted by molar-refractivity contribution is 0.746. The maximum Gasteiger partial charge on any atom is 0.173 e. The molecule has 3 rings (SSSR count). The second-order valence-electron chi connectivity index (χ2n) is 5.81. The largest absolute Gasteiger partial charge is 0.287 e. The van der Waals surface area contributed by atoms with Gasteiger partial charge in [-0.2, -0.15) is 0 Å². The molecule has 0 aliphatic carbocycles. The molecule has 0 amide bonds. The number of benzene rings is 2. The highest BCUT2D eigenvalue weighted by atomic mass is 35.5. The second kappa shape index (κ2) is 7.24. The van der Waals surface area contributed by atoms with Gasteiger partial charge in [-0.1, -0.05) is 73.6 Å². The highest BCUT2D eigenvalue weighted by Gasteiger charge is 2.14. The third kappa shape index (κ3) is 3.80. The van der Waals surface area contributed by atoms with Gasteiger partial charge in [0.1, 0.15) is 0 Å². The van der Waals surface area contributed by atoms with Gasteiger partial charge in [-0.25, -0.2) is 4.98 Å². The average molecular weight is 343 g/mol. The molecule has 4 heteroatoms. The number of thioether (sulfide) groups is 1. The third-order valence-corrected chi connectivity index (χ3v) is 5.03. The molecule has 0 aliphatic rings. The van der Waals surface area contributed by atoms with Crippen molar-refractivity contribution in [2.75, 3.05) is 5.75 Å². The molecule has 0 radical (unpaired) electrons. The molecule has 3 aromatic rings. The first-order chi connectivity index (χ1) is 11.1. The van der Waals surface area contributed by atoms with Crippen molar-refractivity contribution in [3.05, 3.63) is 65.8 Å². The van der Waals surface area contributed by atoms with Crippen molar-refractivity contribution in [2.45, 2.75) is 19.0 Å². The molecule has 0 fully saturated rings. The Morgan fingerprint density at radius 1 is 1.09 bits per heavy atom. The van der Waals surface area contributed by atoms with Gasteiger partial charge in [0.2, 0.25) is 0 Å². The Kier molecular flexibility index (Phi) is 5.09. The number of halogens is 1. The minimum atomic E-state index is 0.615. The maximum atomic E-state index is 6.20. The monoisotopic (exact) mass is 342 g/mol. The van der Waals surface area contributed by atoms with Crippen LogP contribution in [0.2, 0.25) is 5.02 Å². The summed E-state index contributed by atoms with van der Waals surface area (Å²) in [6.07, 6.45) is 1.94. The summed E-state index contributed by atoms with van der Waals surface area (Å²) in [5.41, 5.74) is 3.27. The van der Waals surface area contributed by atoms with E-state index in [0.29, 0.717) is 5.92 Å². The van der Waals surface area contributed by atoms with Gasteiger partial charge in [0.15, 0.2) is 5.16 Å². The zero-order valence-electron chi connectivity index (χ0n) is 13.2. The number of nitrogens with zero attached hydrogens (tertiary/aromatic N) is 2. The fourth-order valence-electron chi connectivity index (χ4n) is 2.36. The molecular formula is C19H19ClN2S. The van der Waals surface area contributed by atoms with E-state index >= 15 is 0 Å². The Labute approximate surface area is 146 Å². The van der Waals surface area contributed by atoms with Crippen LogP contribution in [0.1, 0.15) is 13.8 Å². The van der Waals surface area contributed by atoms with Crippen molar-refractivity contribution >= 4 is 23.4 Å². The summed E-state index contributed by atoms with van der Waals surface area (Å²) in [7, 11) is 0. The summed E-state index contributed by atoms with van der Waals surface area (Å²) >= 11 is 7.98. The summed E-state index contributed by atoms with van der Waals surface area (Å²) in [6.45, 7) is 4.44. The zero-order valence-corrected chi connectivity index (χ0v) is 14.8. The van der Waals surface area contributed by atoms with E-state index in [1.54, 1.807) is 11.8 Å². The third-order valence-electron chi connectivity index (χ3n) is 3.41. The van der Waals surface area contributed by atoms with Crippen molar-refractivity contribution in [1.29, 1.82) is 0 Å². The van der Waals surface area contributed by atoms with Crippen LogP contribution < -0.4 is 0 Å². The molecule has 0 atom stereocenters. The summed E-state index contributed by atoms with van der Waals surface area (Å²) in [5.74, 6) is 1.65. The normalized spacial score (nSPS) is 11.1. The molecule has 2 aromatic carbocycles. The van der Waals surface area contributed by atoms with E-state index in [0.717, 1.165) is 32.9 Å². The number of hydrogen-bond donors (Lipinski definition) is 0. The Morgan fingerprint density at radius 2 is 1.87 bits per heavy atom. The van der Waals surface area contributed by atoms with E-state index in [9.17, 15) is 0 Å². The van der Waals surface area contributed by atoms with Gasteiger partial charge in [0.25, 0.3) is 0 Å². The first-order valence-electron chi connectivity index (χ1n) is 7.67. The van der Waals surface area contributed by atoms with Gasteiger partial charge in [0.05, 0.1) is 11.9 Å². The predicted octanol–water partition coefficient (Wildman–Crippen LogP) is 5.94. The van der Waals surface area contributed by atoms with Crippen molar-refractivity contribution in [1.82, 2.24) is 9.55 Å². The van der Waals surface area contributed by atoms with Gasteiger partial charge < -0.3 is 0 Å². The van der Waals surface area contributed by atoms with E-state index in [1.807, 2.05) is 42.6 Å². The molecule has 0 aliphatic heterocycles. The summed E-state index contributed by atoms with van der Waals surface area (Å²) in [6, 6.07) is 18.3. The average Bonchev–Trinajstić information content (AvgIpc) is 2.97. The molecule has 2 nitrogen and oxygen atoms in total. The zero-order chi connectivity index (χ0) is 16.2. The number of aromatic nitrogens is 2. The van der Waals surface area contributed by atoms with Crippen molar-refractivity contribution in [2.24, 2.45) is 5.92 Å². The molecule has 0 N–H and O–H groups in total. The van der Waals surface area contributed by atoms with Crippen LogP contribution in [-0.4, -0.2) is 15.3 Å². The van der Waals surface area contributed by atoms with Crippen molar-refractivity contribution in [3.8, 4) is 16.9 Å². The lowest BCUT2D eigenvalue weighted by Gasteiger charge is -2.13. The van der Waals surface area contributed by atoms with E-state index in [-0.39, 0.29) is 0 Å². The molecule has 0 spiro atoms. The summed E-state index contributed by atoms with van der Waals surface area (Å²) < 4.78 is 2.19. The van der Waals surface area contributed by atoms with Crippen LogP contribution in [0.15, 0.2) is 66.0 Å². The highest BCUT2D eigenvalue weighted by molar-refractivity contribution is 7.99. The van der Waals surface area contributed by atoms with Gasteiger partial charge in [-0.3, -0.25) is 4.57 Å². The van der Waals surface area contributed by atoms with Gasteiger partial charge in [0, 0.05) is 22.0 Å². The van der Waals surface area contributed by atoms with Crippen LogP contribution in [0.3, 0.4) is 0 Å². The molecule has 118 valence electrons. The number of rotatable bonds is 5. The first kappa shape index (κ1) is 16.2. The number of hydrogen-bond acceptors (Lipinski definition) is 2. The Morgan fingerprint density at radius 3 is 2.57 bits per heavy atom. The summed E-state index contributed by atoms with van der Waals surface area (Å²) in [5, 5.41) is 1.73. The van der Waals surface area contributed by atoms with Crippen molar-refractivity contribution in [3.63, 3.8) is 0 Å². The molecule has 1 aromatic heterocycles. The molecule has 0 saturated heterocycles. The maximum absolute atomic E-state index is 6.20. The lowest BCUT2D eigenvalue weighted by Crippen LogP contribution is -2.01. The predicted molar refractivity (Wildman–Crippen MR) is 99.6 cm³/mol. The van der Waals surface area contributed by atoms with Crippen LogP contribution in [0.25, 0.3) is 16.9 Å². The highest BCUT2D eigenvalue weighted by Crippen LogP contribution is 2.31. The molecule has 0 unspecified atom stereocenters. The first-order valence-corrected chi connectivity index (χ1v) is 9.03. The Balaban J connectivity index is 2.10. The Hall–Kier alpha value is -1.71. The van der Waals surface area contributed by atoms with Gasteiger partial charge in [-0.05, 0) is 24.1 Å². The second-order valence-corrected chi connectivity index (χ2v) is 7.24. The molecule has 0 bridgehead atoms. The number of imidazole rings is 1. The smallest absolute Gasteiger partial charge is 0.173 e. The van der Waals surface area contributed by atoms with Crippen LogP contribution in [0.5, 0.6) is 0 Å². The fourth-order valence-corrected chi connectivity index (χ4v) is 3.48. The van der Waals surface area contributed by atoms with Crippen molar-refractivity contribution < 1.29 is 0 Å². The molecule has 0 saturated carbocycles. The fraction of sp³-hybridized carbons (Fsp3) is 0.211. The SMILES string of the molecule is CC(C)CSc1ncc(-c2ccccc2)n1-c1cccc(Cl)c1. The van der Waals surface area contributed by atoms with Gasteiger partial charge in [-0.15, -0.1) is 0 Å². The van der Waals surface area contributed by atoms with E-state index < -0.39 is 0 Å². The van der Waals surface area contributed by atoms with Crippen LogP contribution in [0, 0.1) is 5.92 Å². The van der Waals surface area contributed by atoms with E-state index in [4.69, 9.17) is 11.6 Å². The Bertz CT molecular complexity index is 781.